The molecule has 9 aromatic rings. The van der Waals surface area contributed by atoms with Crippen molar-refractivity contribution in [3.05, 3.63) is 209 Å². The predicted octanol–water partition coefficient (Wildman–Crippen LogP) is 12.7. The van der Waals surface area contributed by atoms with Crippen LogP contribution < -0.4 is 0 Å². The molecule has 10 rings (SSSR count). The maximum Gasteiger partial charge on any atom is 0.0714 e. The summed E-state index contributed by atoms with van der Waals surface area (Å²) in [5.74, 6) is 0. The van der Waals surface area contributed by atoms with Crippen LogP contribution in [0.2, 0.25) is 0 Å². The van der Waals surface area contributed by atoms with Gasteiger partial charge in [0.2, 0.25) is 0 Å². The molecule has 1 aliphatic carbocycles. The molecule has 1 nitrogen and oxygen atoms in total. The van der Waals surface area contributed by atoms with Crippen LogP contribution in [0.3, 0.4) is 0 Å². The maximum atomic E-state index is 3.88. The highest BCUT2D eigenvalue weighted by Gasteiger charge is 2.46. The van der Waals surface area contributed by atoms with Crippen molar-refractivity contribution >= 4 is 48.5 Å². The van der Waals surface area contributed by atoms with Gasteiger partial charge in [0.25, 0.3) is 0 Å². The fourth-order valence-electron chi connectivity index (χ4n) is 8.58. The highest BCUT2D eigenvalue weighted by Crippen LogP contribution is 2.56. The Hall–Kier alpha value is -5.70. The summed E-state index contributed by atoms with van der Waals surface area (Å²) < 4.78 is 3.58. The molecule has 8 aromatic carbocycles. The summed E-state index contributed by atoms with van der Waals surface area (Å²) >= 11 is 3.88. The van der Waals surface area contributed by atoms with E-state index in [1.54, 1.807) is 0 Å². The lowest BCUT2D eigenvalue weighted by Crippen LogP contribution is -2.28. The largest absolute Gasteiger partial charge is 0.309 e. The second-order valence-corrected chi connectivity index (χ2v) is 13.8. The minimum absolute atomic E-state index is 0.462. The van der Waals surface area contributed by atoms with Crippen LogP contribution >= 0.6 is 15.9 Å². The SMILES string of the molecule is Brc1ccccc1-c1cc2c(c3ccccc13)c1ccccc1n2-c1ccc2c(c1)C(c1ccccc1)(c1ccccc1)c1ccccc1-2. The summed E-state index contributed by atoms with van der Waals surface area (Å²) in [6.07, 6.45) is 0. The number of rotatable bonds is 4. The number of hydrogen-bond donors (Lipinski definition) is 0. The van der Waals surface area contributed by atoms with Crippen LogP contribution in [0.4, 0.5) is 0 Å². The number of halogens is 1. The van der Waals surface area contributed by atoms with E-state index in [0.29, 0.717) is 0 Å². The van der Waals surface area contributed by atoms with E-state index in [4.69, 9.17) is 0 Å². The van der Waals surface area contributed by atoms with Crippen molar-refractivity contribution < 1.29 is 0 Å². The quantitative estimate of drug-likeness (QED) is 0.173. The third-order valence-corrected chi connectivity index (χ3v) is 11.2. The van der Waals surface area contributed by atoms with Crippen molar-refractivity contribution in [2.24, 2.45) is 0 Å². The zero-order chi connectivity index (χ0) is 32.5. The average Bonchev–Trinajstić information content (AvgIpc) is 3.66. The van der Waals surface area contributed by atoms with Crippen LogP contribution in [0.1, 0.15) is 22.3 Å². The van der Waals surface area contributed by atoms with Gasteiger partial charge in [0, 0.05) is 20.9 Å². The number of aromatic nitrogens is 1. The first-order valence-electron chi connectivity index (χ1n) is 16.8. The molecule has 1 aliphatic rings. The van der Waals surface area contributed by atoms with E-state index in [1.807, 2.05) is 0 Å². The Kier molecular flexibility index (Phi) is 6.31. The van der Waals surface area contributed by atoms with Crippen LogP contribution in [-0.2, 0) is 5.41 Å². The monoisotopic (exact) mass is 687 g/mol. The predicted molar refractivity (Wildman–Crippen MR) is 209 cm³/mol. The summed E-state index contributed by atoms with van der Waals surface area (Å²) in [7, 11) is 0. The van der Waals surface area contributed by atoms with Crippen LogP contribution in [0, 0.1) is 0 Å². The molecule has 2 heteroatoms. The standard InChI is InChI=1S/C47H30BrN/c48-43-25-13-10-21-37(43)40-30-45-46(38-22-8-7-19-34(38)40)39-23-11-14-26-44(39)49(45)33-27-28-36-35-20-9-12-24-41(35)47(42(36)29-33,31-15-3-1-4-16-31)32-17-5-2-6-18-32/h1-30H. The molecule has 0 amide bonds. The first-order valence-corrected chi connectivity index (χ1v) is 17.6. The van der Waals surface area contributed by atoms with Crippen molar-refractivity contribution in [1.82, 2.24) is 4.57 Å². The van der Waals surface area contributed by atoms with E-state index < -0.39 is 5.41 Å². The summed E-state index contributed by atoms with van der Waals surface area (Å²) in [5, 5.41) is 5.05. The van der Waals surface area contributed by atoms with E-state index >= 15 is 0 Å². The Labute approximate surface area is 293 Å². The van der Waals surface area contributed by atoms with Gasteiger partial charge in [0.05, 0.1) is 16.4 Å². The van der Waals surface area contributed by atoms with Gasteiger partial charge in [0.1, 0.15) is 0 Å². The average molecular weight is 689 g/mol. The highest BCUT2D eigenvalue weighted by molar-refractivity contribution is 9.10. The fourth-order valence-corrected chi connectivity index (χ4v) is 9.08. The van der Waals surface area contributed by atoms with E-state index in [0.717, 1.165) is 10.2 Å². The van der Waals surface area contributed by atoms with Crippen molar-refractivity contribution in [1.29, 1.82) is 0 Å². The van der Waals surface area contributed by atoms with Gasteiger partial charge in [-0.15, -0.1) is 0 Å². The highest BCUT2D eigenvalue weighted by atomic mass is 79.9. The van der Waals surface area contributed by atoms with E-state index in [-0.39, 0.29) is 0 Å². The van der Waals surface area contributed by atoms with E-state index in [1.165, 1.54) is 77.1 Å². The smallest absolute Gasteiger partial charge is 0.0714 e. The Morgan fingerprint density at radius 2 is 0.959 bits per heavy atom. The zero-order valence-corrected chi connectivity index (χ0v) is 28.2. The van der Waals surface area contributed by atoms with Gasteiger partial charge in [-0.2, -0.15) is 0 Å². The molecule has 0 atom stereocenters. The Morgan fingerprint density at radius 3 is 1.69 bits per heavy atom. The molecule has 0 saturated heterocycles. The van der Waals surface area contributed by atoms with Gasteiger partial charge in [-0.3, -0.25) is 0 Å². The van der Waals surface area contributed by atoms with Crippen molar-refractivity contribution in [3.8, 4) is 27.9 Å². The molecule has 0 aliphatic heterocycles. The lowest BCUT2D eigenvalue weighted by Gasteiger charge is -2.34. The first kappa shape index (κ1) is 28.3. The number of benzene rings is 8. The Balaban J connectivity index is 1.34. The van der Waals surface area contributed by atoms with Crippen LogP contribution in [-0.4, -0.2) is 4.57 Å². The van der Waals surface area contributed by atoms with Crippen molar-refractivity contribution in [3.63, 3.8) is 0 Å². The molecular weight excluding hydrogens is 658 g/mol. The lowest BCUT2D eigenvalue weighted by atomic mass is 9.67. The fraction of sp³-hybridized carbons (Fsp3) is 0.0213. The molecule has 1 heterocycles. The lowest BCUT2D eigenvalue weighted by molar-refractivity contribution is 0.767. The van der Waals surface area contributed by atoms with Gasteiger partial charge in [0.15, 0.2) is 0 Å². The van der Waals surface area contributed by atoms with Gasteiger partial charge in [-0.25, -0.2) is 0 Å². The third kappa shape index (κ3) is 3.98. The summed E-state index contributed by atoms with van der Waals surface area (Å²) in [4.78, 5) is 0. The van der Waals surface area contributed by atoms with Crippen LogP contribution in [0.25, 0.3) is 60.5 Å². The molecule has 1 aromatic heterocycles. The molecule has 0 unspecified atom stereocenters. The van der Waals surface area contributed by atoms with Crippen LogP contribution in [0.15, 0.2) is 186 Å². The van der Waals surface area contributed by atoms with E-state index in [9.17, 15) is 0 Å². The van der Waals surface area contributed by atoms with Gasteiger partial charge in [-0.05, 0) is 85.6 Å². The number of para-hydroxylation sites is 1. The second-order valence-electron chi connectivity index (χ2n) is 13.0. The second kappa shape index (κ2) is 10.9. The Bertz CT molecular complexity index is 2680. The molecule has 0 bridgehead atoms. The summed E-state index contributed by atoms with van der Waals surface area (Å²) in [6, 6.07) is 66.9. The van der Waals surface area contributed by atoms with Gasteiger partial charge in [-0.1, -0.05) is 168 Å². The summed E-state index contributed by atoms with van der Waals surface area (Å²) in [6.45, 7) is 0. The number of hydrogen-bond acceptors (Lipinski definition) is 0. The summed E-state index contributed by atoms with van der Waals surface area (Å²) in [5.41, 5.74) is 13.3. The zero-order valence-electron chi connectivity index (χ0n) is 26.6. The van der Waals surface area contributed by atoms with Gasteiger partial charge < -0.3 is 4.57 Å². The Morgan fingerprint density at radius 1 is 0.388 bits per heavy atom. The van der Waals surface area contributed by atoms with Gasteiger partial charge >= 0.3 is 0 Å². The molecule has 0 N–H and O–H groups in total. The molecule has 0 saturated carbocycles. The topological polar surface area (TPSA) is 4.93 Å². The van der Waals surface area contributed by atoms with Crippen molar-refractivity contribution in [2.75, 3.05) is 0 Å². The maximum absolute atomic E-state index is 3.88. The third-order valence-electron chi connectivity index (χ3n) is 10.5. The minimum atomic E-state index is -0.462. The molecular formula is C47H30BrN. The van der Waals surface area contributed by atoms with E-state index in [2.05, 4.69) is 202 Å². The first-order chi connectivity index (χ1) is 24.2. The molecule has 230 valence electrons. The number of fused-ring (bicyclic) bond motifs is 8. The number of nitrogens with zero attached hydrogens (tertiary/aromatic N) is 1. The normalized spacial score (nSPS) is 13.2. The van der Waals surface area contributed by atoms with Crippen LogP contribution in [0.5, 0.6) is 0 Å². The molecule has 0 fully saturated rings. The molecule has 0 radical (unpaired) electrons. The minimum Gasteiger partial charge on any atom is -0.309 e. The van der Waals surface area contributed by atoms with Crippen molar-refractivity contribution in [2.45, 2.75) is 5.41 Å². The molecule has 0 spiro atoms. The molecule has 49 heavy (non-hydrogen) atoms.